The molecule has 1 N–H and O–H groups in total. The van der Waals surface area contributed by atoms with Crippen molar-refractivity contribution >= 4 is 39.0 Å². The quantitative estimate of drug-likeness (QED) is 0.852. The Hall–Kier alpha value is -0.910. The molecule has 1 saturated heterocycles. The van der Waals surface area contributed by atoms with Crippen LogP contribution in [0.2, 0.25) is 5.28 Å². The minimum absolute atomic E-state index is 0.297. The molecule has 2 aromatic rings. The molecule has 3 rings (SSSR count). The summed E-state index contributed by atoms with van der Waals surface area (Å²) < 4.78 is 6.41. The Morgan fingerprint density at radius 1 is 1.35 bits per heavy atom. The normalized spacial score (nSPS) is 17.5. The van der Waals surface area contributed by atoms with Gasteiger partial charge >= 0.3 is 0 Å². The van der Waals surface area contributed by atoms with Crippen molar-refractivity contribution in [1.82, 2.24) is 9.97 Å². The van der Waals surface area contributed by atoms with Crippen LogP contribution in [0.3, 0.4) is 0 Å². The number of aromatic nitrogens is 2. The predicted molar refractivity (Wildman–Crippen MR) is 69.9 cm³/mol. The maximum Gasteiger partial charge on any atom is 0.224 e. The first-order chi connectivity index (χ1) is 8.33. The Bertz CT molecular complexity index is 524. The van der Waals surface area contributed by atoms with Gasteiger partial charge in [0.1, 0.15) is 5.82 Å². The van der Waals surface area contributed by atoms with Gasteiger partial charge in [-0.3, -0.25) is 0 Å². The van der Waals surface area contributed by atoms with Crippen molar-refractivity contribution < 1.29 is 4.74 Å². The van der Waals surface area contributed by atoms with Crippen LogP contribution in [0.1, 0.15) is 12.8 Å². The molecule has 3 heterocycles. The van der Waals surface area contributed by atoms with Gasteiger partial charge in [0.25, 0.3) is 0 Å². The molecule has 0 saturated carbocycles. The molecule has 2 aromatic heterocycles. The third kappa shape index (κ3) is 2.36. The largest absolute Gasteiger partial charge is 0.381 e. The summed E-state index contributed by atoms with van der Waals surface area (Å²) in [5.74, 6) is 0.849. The van der Waals surface area contributed by atoms with E-state index >= 15 is 0 Å². The summed E-state index contributed by atoms with van der Waals surface area (Å²) in [6.07, 6.45) is 2.02. The maximum absolute atomic E-state index is 5.92. The highest BCUT2D eigenvalue weighted by Crippen LogP contribution is 2.28. The summed E-state index contributed by atoms with van der Waals surface area (Å²) in [4.78, 5) is 8.47. The molecule has 0 bridgehead atoms. The first kappa shape index (κ1) is 11.2. The van der Waals surface area contributed by atoms with E-state index in [1.165, 1.54) is 0 Å². The van der Waals surface area contributed by atoms with Gasteiger partial charge in [0.15, 0.2) is 0 Å². The Morgan fingerprint density at radius 3 is 3.00 bits per heavy atom. The topological polar surface area (TPSA) is 47.0 Å². The minimum Gasteiger partial charge on any atom is -0.381 e. The van der Waals surface area contributed by atoms with Gasteiger partial charge in [-0.1, -0.05) is 0 Å². The summed E-state index contributed by atoms with van der Waals surface area (Å²) in [6.45, 7) is 1.62. The van der Waals surface area contributed by atoms with Crippen molar-refractivity contribution in [3.8, 4) is 0 Å². The molecule has 6 heteroatoms. The highest BCUT2D eigenvalue weighted by molar-refractivity contribution is 7.17. The first-order valence-electron chi connectivity index (χ1n) is 5.58. The summed E-state index contributed by atoms with van der Waals surface area (Å²) in [5, 5.41) is 5.75. The molecular formula is C11H12ClN3OS. The van der Waals surface area contributed by atoms with Crippen LogP contribution < -0.4 is 5.32 Å². The molecule has 0 spiro atoms. The van der Waals surface area contributed by atoms with Crippen LogP contribution in [0.5, 0.6) is 0 Å². The molecule has 4 nitrogen and oxygen atoms in total. The van der Waals surface area contributed by atoms with E-state index in [0.717, 1.165) is 42.1 Å². The highest BCUT2D eigenvalue weighted by Gasteiger charge is 2.16. The number of hydrogen-bond acceptors (Lipinski definition) is 5. The van der Waals surface area contributed by atoms with E-state index in [4.69, 9.17) is 16.3 Å². The number of ether oxygens (including phenoxy) is 1. The van der Waals surface area contributed by atoms with Gasteiger partial charge in [-0.2, -0.15) is 4.98 Å². The molecule has 90 valence electrons. The fourth-order valence-electron chi connectivity index (χ4n) is 1.97. The van der Waals surface area contributed by atoms with E-state index in [-0.39, 0.29) is 0 Å². The number of halogens is 1. The second kappa shape index (κ2) is 4.76. The van der Waals surface area contributed by atoms with Crippen molar-refractivity contribution in [2.24, 2.45) is 0 Å². The van der Waals surface area contributed by atoms with Gasteiger partial charge in [0, 0.05) is 19.3 Å². The van der Waals surface area contributed by atoms with Crippen molar-refractivity contribution in [1.29, 1.82) is 0 Å². The highest BCUT2D eigenvalue weighted by atomic mass is 35.5. The monoisotopic (exact) mass is 269 g/mol. The Morgan fingerprint density at radius 2 is 2.18 bits per heavy atom. The molecule has 17 heavy (non-hydrogen) atoms. The lowest BCUT2D eigenvalue weighted by atomic mass is 10.1. The Labute approximate surface area is 108 Å². The average Bonchev–Trinajstić information content (AvgIpc) is 2.78. The summed E-state index contributed by atoms with van der Waals surface area (Å²) in [6, 6.07) is 2.38. The van der Waals surface area contributed by atoms with Gasteiger partial charge in [-0.15, -0.1) is 11.3 Å². The van der Waals surface area contributed by atoms with E-state index in [9.17, 15) is 0 Å². The first-order valence-corrected chi connectivity index (χ1v) is 6.84. The van der Waals surface area contributed by atoms with Crippen LogP contribution >= 0.6 is 22.9 Å². The molecule has 1 aliphatic rings. The smallest absolute Gasteiger partial charge is 0.224 e. The summed E-state index contributed by atoms with van der Waals surface area (Å²) in [5.41, 5.74) is 0.907. The molecular weight excluding hydrogens is 258 g/mol. The lowest BCUT2D eigenvalue weighted by Gasteiger charge is -2.23. The lowest BCUT2D eigenvalue weighted by molar-refractivity contribution is 0.0904. The van der Waals surface area contributed by atoms with Gasteiger partial charge < -0.3 is 10.1 Å². The number of nitrogens with one attached hydrogen (secondary N) is 1. The third-order valence-electron chi connectivity index (χ3n) is 2.84. The van der Waals surface area contributed by atoms with Crippen molar-refractivity contribution in [3.63, 3.8) is 0 Å². The van der Waals surface area contributed by atoms with Crippen molar-refractivity contribution in [2.45, 2.75) is 18.9 Å². The van der Waals surface area contributed by atoms with Crippen LogP contribution in [0.15, 0.2) is 11.4 Å². The van der Waals surface area contributed by atoms with Crippen LogP contribution in [0.4, 0.5) is 5.82 Å². The fraction of sp³-hybridized carbons (Fsp3) is 0.455. The third-order valence-corrected chi connectivity index (χ3v) is 3.92. The molecule has 1 aliphatic heterocycles. The number of anilines is 1. The second-order valence-corrected chi connectivity index (χ2v) is 5.26. The maximum atomic E-state index is 5.92. The number of thiophene rings is 1. The van der Waals surface area contributed by atoms with E-state index < -0.39 is 0 Å². The van der Waals surface area contributed by atoms with E-state index in [2.05, 4.69) is 15.3 Å². The standard InChI is InChI=1S/C11H12ClN3OS/c12-11-14-8-3-6-17-9(8)10(15-11)13-7-1-4-16-5-2-7/h3,6-7H,1-2,4-5H2,(H,13,14,15). The summed E-state index contributed by atoms with van der Waals surface area (Å²) in [7, 11) is 0. The van der Waals surface area contributed by atoms with Gasteiger partial charge in [-0.25, -0.2) is 4.98 Å². The molecule has 0 aromatic carbocycles. The SMILES string of the molecule is Clc1nc(NC2CCOCC2)c2sccc2n1. The van der Waals surface area contributed by atoms with Gasteiger partial charge in [-0.05, 0) is 35.9 Å². The lowest BCUT2D eigenvalue weighted by Crippen LogP contribution is -2.28. The minimum atomic E-state index is 0.297. The number of fused-ring (bicyclic) bond motifs is 1. The predicted octanol–water partition coefficient (Wildman–Crippen LogP) is 2.94. The van der Waals surface area contributed by atoms with Gasteiger partial charge in [0.2, 0.25) is 5.28 Å². The molecule has 0 atom stereocenters. The Kier molecular flexibility index (Phi) is 3.13. The van der Waals surface area contributed by atoms with E-state index in [0.29, 0.717) is 11.3 Å². The van der Waals surface area contributed by atoms with Crippen LogP contribution in [-0.4, -0.2) is 29.2 Å². The van der Waals surface area contributed by atoms with Crippen molar-refractivity contribution in [2.75, 3.05) is 18.5 Å². The fourth-order valence-corrected chi connectivity index (χ4v) is 2.93. The van der Waals surface area contributed by atoms with Crippen LogP contribution in [-0.2, 0) is 4.74 Å². The molecule has 0 amide bonds. The Balaban J connectivity index is 1.90. The zero-order valence-electron chi connectivity index (χ0n) is 9.15. The number of rotatable bonds is 2. The van der Waals surface area contributed by atoms with Gasteiger partial charge in [0.05, 0.1) is 10.2 Å². The molecule has 0 unspecified atom stereocenters. The van der Waals surface area contributed by atoms with Crippen LogP contribution in [0, 0.1) is 0 Å². The molecule has 0 aliphatic carbocycles. The number of nitrogens with zero attached hydrogens (tertiary/aromatic N) is 2. The average molecular weight is 270 g/mol. The molecule has 1 fully saturated rings. The zero-order valence-corrected chi connectivity index (χ0v) is 10.7. The number of hydrogen-bond donors (Lipinski definition) is 1. The summed E-state index contributed by atoms with van der Waals surface area (Å²) >= 11 is 7.55. The molecule has 0 radical (unpaired) electrons. The van der Waals surface area contributed by atoms with E-state index in [1.54, 1.807) is 11.3 Å². The van der Waals surface area contributed by atoms with Crippen molar-refractivity contribution in [3.05, 3.63) is 16.7 Å². The van der Waals surface area contributed by atoms with Crippen LogP contribution in [0.25, 0.3) is 10.2 Å². The van der Waals surface area contributed by atoms with E-state index in [1.807, 2.05) is 11.4 Å². The second-order valence-electron chi connectivity index (χ2n) is 4.01. The zero-order chi connectivity index (χ0) is 11.7.